The monoisotopic (exact) mass is 695 g/mol. The Kier molecular flexibility index (Phi) is 10.5. The van der Waals surface area contributed by atoms with Crippen LogP contribution in [0.3, 0.4) is 0 Å². The van der Waals surface area contributed by atoms with Crippen LogP contribution in [0.1, 0.15) is 31.7 Å². The highest BCUT2D eigenvalue weighted by molar-refractivity contribution is 7.80. The Balaban J connectivity index is 1.46. The van der Waals surface area contributed by atoms with Gasteiger partial charge < -0.3 is 31.5 Å². The number of hydrogen-bond acceptors (Lipinski definition) is 13. The SMILES string of the molecule is Cc1cc(-c2ccc(OC[C@H](O/N=C(\C(=O)N[C@@H]3C(=O)N(OS(=O)(=O)O)C3(C)C)c3csc(N)n3)C(=O)O)cc2)[n+](C)n1CCCN. The lowest BCUT2D eigenvalue weighted by atomic mass is 9.84. The number of hydrogen-bond donors (Lipinski definition) is 5. The Morgan fingerprint density at radius 1 is 1.28 bits per heavy atom. The summed E-state index contributed by atoms with van der Waals surface area (Å²) in [5.41, 5.74) is 12.3. The van der Waals surface area contributed by atoms with Gasteiger partial charge in [-0.25, -0.2) is 9.78 Å². The van der Waals surface area contributed by atoms with Crippen molar-refractivity contribution in [2.45, 2.75) is 51.4 Å². The zero-order valence-electron chi connectivity index (χ0n) is 25.8. The van der Waals surface area contributed by atoms with E-state index in [9.17, 15) is 27.9 Å². The molecule has 3 aromatic rings. The molecule has 1 aromatic carbocycles. The molecule has 0 spiro atoms. The van der Waals surface area contributed by atoms with Crippen LogP contribution in [-0.2, 0) is 47.5 Å². The summed E-state index contributed by atoms with van der Waals surface area (Å²) in [5, 5.41) is 17.7. The molecule has 18 nitrogen and oxygen atoms in total. The number of nitrogens with two attached hydrogens (primary N) is 2. The second-order valence-corrected chi connectivity index (χ2v) is 12.8. The van der Waals surface area contributed by atoms with Gasteiger partial charge in [-0.1, -0.05) is 5.16 Å². The fraction of sp³-hybridized carbons (Fsp3) is 0.407. The van der Waals surface area contributed by atoms with Crippen LogP contribution in [0.15, 0.2) is 40.9 Å². The molecule has 0 saturated carbocycles. The summed E-state index contributed by atoms with van der Waals surface area (Å²) in [6.45, 7) is 5.60. The minimum atomic E-state index is -5.02. The number of carbonyl (C=O) groups is 3. The van der Waals surface area contributed by atoms with Crippen molar-refractivity contribution in [3.05, 3.63) is 47.1 Å². The lowest BCUT2D eigenvalue weighted by Crippen LogP contribution is -2.76. The molecule has 254 valence electrons. The minimum absolute atomic E-state index is 0.0609. The van der Waals surface area contributed by atoms with E-state index in [1.807, 2.05) is 36.9 Å². The number of β-lactam (4-membered cyclic amide) rings is 1. The maximum atomic E-state index is 13.2. The summed E-state index contributed by atoms with van der Waals surface area (Å²) in [7, 11) is -3.07. The summed E-state index contributed by atoms with van der Waals surface area (Å²) in [4.78, 5) is 46.9. The normalized spacial score (nSPS) is 16.8. The predicted molar refractivity (Wildman–Crippen MR) is 166 cm³/mol. The number of nitrogens with zero attached hydrogens (tertiary/aromatic N) is 5. The number of benzene rings is 1. The predicted octanol–water partition coefficient (Wildman–Crippen LogP) is -0.232. The summed E-state index contributed by atoms with van der Waals surface area (Å²) in [6, 6.07) is 7.73. The van der Waals surface area contributed by atoms with Gasteiger partial charge in [0.15, 0.2) is 17.9 Å². The number of nitrogen functional groups attached to an aromatic ring is 1. The molecule has 2 amide bonds. The first-order chi connectivity index (χ1) is 22.0. The first-order valence-electron chi connectivity index (χ1n) is 14.0. The van der Waals surface area contributed by atoms with Crippen LogP contribution in [0, 0.1) is 6.92 Å². The molecule has 7 N–H and O–H groups in total. The molecule has 3 heterocycles. The molecule has 1 aliphatic heterocycles. The third kappa shape index (κ3) is 8.03. The second kappa shape index (κ2) is 14.0. The molecular weight excluding hydrogens is 660 g/mol. The number of rotatable bonds is 15. The number of ether oxygens (including phenoxy) is 1. The molecule has 0 bridgehead atoms. The van der Waals surface area contributed by atoms with E-state index in [1.54, 1.807) is 12.1 Å². The standard InChI is InChI=1S/C27H34N8O10S2/c1-15-12-19(33(4)34(15)11-5-10-28)16-6-8-17(9-7-16)43-13-20(25(38)39)44-32-21(18-14-46-26(29)30-18)23(36)31-22-24(37)35(27(22,2)3)45-47(40,41)42/h6-9,12,14,20,22H,5,10-11,13,28H2,1-4H3,(H4-,29,30,31,36,38,39,40,41,42)/p+1/b32-21-/t20-,22+/m0/s1. The van der Waals surface area contributed by atoms with Gasteiger partial charge in [0.05, 0.1) is 17.8 Å². The number of anilines is 1. The molecule has 4 rings (SSSR count). The Bertz CT molecular complexity index is 1790. The van der Waals surface area contributed by atoms with E-state index in [1.165, 1.54) is 19.2 Å². The number of thiazole rings is 1. The second-order valence-electron chi connectivity index (χ2n) is 10.9. The van der Waals surface area contributed by atoms with Gasteiger partial charge in [-0.3, -0.25) is 14.1 Å². The number of aromatic nitrogens is 3. The molecule has 47 heavy (non-hydrogen) atoms. The number of carbonyl (C=O) groups excluding carboxylic acids is 2. The fourth-order valence-electron chi connectivity index (χ4n) is 4.75. The summed E-state index contributed by atoms with van der Waals surface area (Å²) in [5.74, 6) is -3.11. The van der Waals surface area contributed by atoms with Gasteiger partial charge in [-0.2, -0.15) is 18.2 Å². The van der Waals surface area contributed by atoms with Crippen LogP contribution in [0.5, 0.6) is 5.75 Å². The topological polar surface area (TPSA) is 255 Å². The number of carboxylic acid groups (broad SMARTS) is 1. The van der Waals surface area contributed by atoms with Crippen molar-refractivity contribution in [2.75, 3.05) is 18.9 Å². The van der Waals surface area contributed by atoms with Crippen LogP contribution in [0.4, 0.5) is 5.13 Å². The summed E-state index contributed by atoms with van der Waals surface area (Å²) >= 11 is 0.961. The highest BCUT2D eigenvalue weighted by Gasteiger charge is 2.58. The van der Waals surface area contributed by atoms with Gasteiger partial charge in [-0.05, 0) is 58.0 Å². The maximum Gasteiger partial charge on any atom is 0.418 e. The van der Waals surface area contributed by atoms with Crippen molar-refractivity contribution in [2.24, 2.45) is 17.9 Å². The van der Waals surface area contributed by atoms with Crippen LogP contribution < -0.4 is 26.2 Å². The van der Waals surface area contributed by atoms with Gasteiger partial charge >= 0.3 is 16.4 Å². The number of aryl methyl sites for hydroxylation is 1. The average Bonchev–Trinajstić information content (AvgIpc) is 3.56. The van der Waals surface area contributed by atoms with Crippen LogP contribution >= 0.6 is 11.3 Å². The van der Waals surface area contributed by atoms with E-state index in [-0.39, 0.29) is 10.8 Å². The van der Waals surface area contributed by atoms with Crippen molar-refractivity contribution in [3.63, 3.8) is 0 Å². The van der Waals surface area contributed by atoms with E-state index in [2.05, 4.69) is 24.4 Å². The Morgan fingerprint density at radius 2 is 1.96 bits per heavy atom. The molecule has 0 aliphatic carbocycles. The summed E-state index contributed by atoms with van der Waals surface area (Å²) < 4.78 is 45.2. The first kappa shape index (κ1) is 35.2. The van der Waals surface area contributed by atoms with E-state index < -0.39 is 58.2 Å². The third-order valence-corrected chi connectivity index (χ3v) is 8.25. The quantitative estimate of drug-likeness (QED) is 0.0453. The first-order valence-corrected chi connectivity index (χ1v) is 16.3. The molecule has 20 heteroatoms. The van der Waals surface area contributed by atoms with Crippen LogP contribution in [-0.4, -0.2) is 87.1 Å². The van der Waals surface area contributed by atoms with Gasteiger partial charge in [0, 0.05) is 17.0 Å². The highest BCUT2D eigenvalue weighted by atomic mass is 32.3. The number of amides is 2. The number of hydroxylamine groups is 2. The molecule has 2 atom stereocenters. The van der Waals surface area contributed by atoms with Crippen molar-refractivity contribution in [1.82, 2.24) is 20.0 Å². The Morgan fingerprint density at radius 3 is 2.51 bits per heavy atom. The number of carboxylic acids is 1. The van der Waals surface area contributed by atoms with E-state index >= 15 is 0 Å². The number of oxime groups is 1. The van der Waals surface area contributed by atoms with Crippen molar-refractivity contribution in [1.29, 1.82) is 0 Å². The molecule has 1 saturated heterocycles. The molecule has 1 fully saturated rings. The third-order valence-electron chi connectivity index (χ3n) is 7.24. The molecule has 1 aliphatic rings. The average molecular weight is 696 g/mol. The molecule has 0 radical (unpaired) electrons. The minimum Gasteiger partial charge on any atom is -0.489 e. The number of nitrogens with one attached hydrogen (secondary N) is 1. The zero-order valence-corrected chi connectivity index (χ0v) is 27.4. The van der Waals surface area contributed by atoms with Gasteiger partial charge in [-0.15, -0.1) is 20.3 Å². The Labute approximate surface area is 273 Å². The van der Waals surface area contributed by atoms with E-state index in [4.69, 9.17) is 25.6 Å². The van der Waals surface area contributed by atoms with E-state index in [0.29, 0.717) is 17.4 Å². The van der Waals surface area contributed by atoms with Gasteiger partial charge in [0.1, 0.15) is 24.1 Å². The van der Waals surface area contributed by atoms with Gasteiger partial charge in [0.25, 0.3) is 17.9 Å². The lowest BCUT2D eigenvalue weighted by Gasteiger charge is -2.50. The largest absolute Gasteiger partial charge is 0.489 e. The van der Waals surface area contributed by atoms with Gasteiger partial charge in [0.2, 0.25) is 5.69 Å². The lowest BCUT2D eigenvalue weighted by molar-refractivity contribution is -0.744. The van der Waals surface area contributed by atoms with Crippen molar-refractivity contribution in [3.8, 4) is 17.0 Å². The van der Waals surface area contributed by atoms with E-state index in [0.717, 1.165) is 41.3 Å². The Hall–Kier alpha value is -4.63. The maximum absolute atomic E-state index is 13.2. The van der Waals surface area contributed by atoms with Crippen LogP contribution in [0.25, 0.3) is 11.3 Å². The molecular formula is C27H35N8O10S2+. The van der Waals surface area contributed by atoms with Crippen molar-refractivity contribution >= 4 is 50.4 Å². The smallest absolute Gasteiger partial charge is 0.418 e. The van der Waals surface area contributed by atoms with Crippen molar-refractivity contribution < 1.29 is 51.0 Å². The molecule has 2 aromatic heterocycles. The van der Waals surface area contributed by atoms with Crippen LogP contribution in [0.2, 0.25) is 0 Å². The zero-order chi connectivity index (χ0) is 34.7. The fourth-order valence-corrected chi connectivity index (χ4v) is 5.75. The highest BCUT2D eigenvalue weighted by Crippen LogP contribution is 2.33. The number of aliphatic carboxylic acids is 1. The molecule has 0 unspecified atom stereocenters. The summed E-state index contributed by atoms with van der Waals surface area (Å²) in [6.07, 6.45) is -0.839.